The average Bonchev–Trinajstić information content (AvgIpc) is 2.30. The fourth-order valence-electron chi connectivity index (χ4n) is 2.07. The molecule has 1 aliphatic heterocycles. The maximum atomic E-state index is 13.9. The number of hydrogen-bond acceptors (Lipinski definition) is 2. The normalized spacial score (nSPS) is 18.3. The Bertz CT molecular complexity index is 361. The van der Waals surface area contributed by atoms with Crippen LogP contribution in [0.15, 0.2) is 18.3 Å². The van der Waals surface area contributed by atoms with Gasteiger partial charge in [-0.1, -0.05) is 18.0 Å². The molecule has 94 valence electrons. The number of likely N-dealkylation sites (tertiary alicyclic amines) is 1. The molecule has 0 unspecified atom stereocenters. The second-order valence-corrected chi connectivity index (χ2v) is 4.84. The van der Waals surface area contributed by atoms with Gasteiger partial charge in [0.2, 0.25) is 0 Å². The van der Waals surface area contributed by atoms with Crippen LogP contribution in [0.3, 0.4) is 0 Å². The lowest BCUT2D eigenvalue weighted by Gasteiger charge is -2.29. The van der Waals surface area contributed by atoms with Gasteiger partial charge in [-0.3, -0.25) is 9.88 Å². The van der Waals surface area contributed by atoms with Gasteiger partial charge in [-0.25, -0.2) is 0 Å². The van der Waals surface area contributed by atoms with Gasteiger partial charge in [-0.05, 0) is 38.1 Å². The first-order valence-electron chi connectivity index (χ1n) is 5.80. The molecule has 0 spiro atoms. The van der Waals surface area contributed by atoms with E-state index in [-0.39, 0.29) is 12.2 Å². The zero-order valence-corrected chi connectivity index (χ0v) is 10.3. The van der Waals surface area contributed by atoms with E-state index in [2.05, 4.69) is 4.98 Å². The van der Waals surface area contributed by atoms with Crippen molar-refractivity contribution in [2.75, 3.05) is 19.6 Å². The topological polar surface area (TPSA) is 16.1 Å². The van der Waals surface area contributed by atoms with Crippen molar-refractivity contribution in [3.8, 4) is 0 Å². The Labute approximate surface area is 105 Å². The van der Waals surface area contributed by atoms with Crippen molar-refractivity contribution >= 4 is 11.6 Å². The zero-order chi connectivity index (χ0) is 12.3. The van der Waals surface area contributed by atoms with Crippen LogP contribution in [0.25, 0.3) is 0 Å². The van der Waals surface area contributed by atoms with Crippen molar-refractivity contribution in [1.82, 2.24) is 9.88 Å². The van der Waals surface area contributed by atoms with Gasteiger partial charge >= 0.3 is 5.92 Å². The Morgan fingerprint density at radius 2 is 1.94 bits per heavy atom. The minimum absolute atomic E-state index is 0.201. The van der Waals surface area contributed by atoms with E-state index in [4.69, 9.17) is 11.6 Å². The Hall–Kier alpha value is -0.740. The van der Waals surface area contributed by atoms with Crippen molar-refractivity contribution in [1.29, 1.82) is 0 Å². The largest absolute Gasteiger partial charge is 0.302 e. The smallest absolute Gasteiger partial charge is 0.297 e. The van der Waals surface area contributed by atoms with E-state index in [1.807, 2.05) is 0 Å². The van der Waals surface area contributed by atoms with Crippen LogP contribution in [-0.2, 0) is 5.92 Å². The molecule has 0 amide bonds. The summed E-state index contributed by atoms with van der Waals surface area (Å²) in [5, 5.41) is 0.377. The summed E-state index contributed by atoms with van der Waals surface area (Å²) in [5.74, 6) is -2.90. The molecule has 0 radical (unpaired) electrons. The highest BCUT2D eigenvalue weighted by molar-refractivity contribution is 6.30. The summed E-state index contributed by atoms with van der Waals surface area (Å²) in [6.07, 6.45) is 4.41. The number of pyridine rings is 1. The van der Waals surface area contributed by atoms with Gasteiger partial charge < -0.3 is 0 Å². The Morgan fingerprint density at radius 3 is 2.53 bits per heavy atom. The number of rotatable bonds is 3. The fourth-order valence-corrected chi connectivity index (χ4v) is 2.18. The molecule has 2 rings (SSSR count). The average molecular weight is 261 g/mol. The van der Waals surface area contributed by atoms with Crippen LogP contribution in [0.2, 0.25) is 5.02 Å². The van der Waals surface area contributed by atoms with Gasteiger partial charge in [-0.2, -0.15) is 8.78 Å². The number of hydrogen-bond donors (Lipinski definition) is 0. The van der Waals surface area contributed by atoms with Gasteiger partial charge in [0, 0.05) is 6.20 Å². The number of alkyl halides is 2. The Morgan fingerprint density at radius 1 is 1.24 bits per heavy atom. The molecular weight excluding hydrogens is 246 g/mol. The standard InChI is InChI=1S/C12H15ClF2N2/c13-10-4-5-11(16-8-10)12(14,15)9-17-6-2-1-3-7-17/h4-5,8H,1-3,6-7,9H2. The fraction of sp³-hybridized carbons (Fsp3) is 0.583. The molecule has 0 saturated carbocycles. The molecule has 1 aliphatic rings. The highest BCUT2D eigenvalue weighted by Crippen LogP contribution is 2.29. The van der Waals surface area contributed by atoms with E-state index < -0.39 is 5.92 Å². The Balaban J connectivity index is 2.04. The first kappa shape index (κ1) is 12.7. The molecule has 0 bridgehead atoms. The van der Waals surface area contributed by atoms with Crippen LogP contribution < -0.4 is 0 Å². The summed E-state index contributed by atoms with van der Waals surface area (Å²) in [4.78, 5) is 5.51. The predicted molar refractivity (Wildman–Crippen MR) is 63.4 cm³/mol. The summed E-state index contributed by atoms with van der Waals surface area (Å²) >= 11 is 5.64. The van der Waals surface area contributed by atoms with Gasteiger partial charge in [0.05, 0.1) is 11.6 Å². The van der Waals surface area contributed by atoms with Gasteiger partial charge in [-0.15, -0.1) is 0 Å². The van der Waals surface area contributed by atoms with Gasteiger partial charge in [0.1, 0.15) is 5.69 Å². The Kier molecular flexibility index (Phi) is 3.94. The minimum atomic E-state index is -2.90. The number of aromatic nitrogens is 1. The highest BCUT2D eigenvalue weighted by atomic mass is 35.5. The van der Waals surface area contributed by atoms with Gasteiger partial charge in [0.15, 0.2) is 0 Å². The molecule has 17 heavy (non-hydrogen) atoms. The van der Waals surface area contributed by atoms with Gasteiger partial charge in [0.25, 0.3) is 0 Å². The van der Waals surface area contributed by atoms with E-state index >= 15 is 0 Å². The minimum Gasteiger partial charge on any atom is -0.297 e. The summed E-state index contributed by atoms with van der Waals surface area (Å²) in [6.45, 7) is 1.26. The van der Waals surface area contributed by atoms with Crippen LogP contribution in [0.1, 0.15) is 25.0 Å². The molecule has 0 N–H and O–H groups in total. The molecule has 0 aliphatic carbocycles. The SMILES string of the molecule is FC(F)(CN1CCCCC1)c1ccc(Cl)cn1. The molecule has 0 aromatic carbocycles. The first-order valence-corrected chi connectivity index (χ1v) is 6.18. The maximum absolute atomic E-state index is 13.9. The van der Waals surface area contributed by atoms with Crippen LogP contribution in [0, 0.1) is 0 Å². The summed E-state index contributed by atoms with van der Waals surface area (Å²) in [5.41, 5.74) is -0.201. The molecule has 5 heteroatoms. The van der Waals surface area contributed by atoms with Crippen molar-refractivity contribution in [2.45, 2.75) is 25.2 Å². The third-order valence-corrected chi connectivity index (χ3v) is 3.20. The van der Waals surface area contributed by atoms with Crippen molar-refractivity contribution in [3.63, 3.8) is 0 Å². The monoisotopic (exact) mass is 260 g/mol. The van der Waals surface area contributed by atoms with E-state index in [0.29, 0.717) is 5.02 Å². The third kappa shape index (κ3) is 3.36. The maximum Gasteiger partial charge on any atom is 0.302 e. The summed E-state index contributed by atoms with van der Waals surface area (Å²) in [6, 6.07) is 2.75. The number of halogens is 3. The second-order valence-electron chi connectivity index (χ2n) is 4.40. The van der Waals surface area contributed by atoms with Crippen molar-refractivity contribution in [3.05, 3.63) is 29.0 Å². The summed E-state index contributed by atoms with van der Waals surface area (Å²) in [7, 11) is 0. The quantitative estimate of drug-likeness (QED) is 0.829. The molecule has 1 saturated heterocycles. The summed E-state index contributed by atoms with van der Waals surface area (Å²) < 4.78 is 27.8. The van der Waals surface area contributed by atoms with Crippen molar-refractivity contribution in [2.24, 2.45) is 0 Å². The van der Waals surface area contributed by atoms with Crippen LogP contribution >= 0.6 is 11.6 Å². The van der Waals surface area contributed by atoms with Crippen molar-refractivity contribution < 1.29 is 8.78 Å². The van der Waals surface area contributed by atoms with E-state index in [0.717, 1.165) is 32.4 Å². The lowest BCUT2D eigenvalue weighted by molar-refractivity contribution is -0.0452. The molecule has 2 nitrogen and oxygen atoms in total. The van der Waals surface area contributed by atoms with E-state index in [1.165, 1.54) is 18.3 Å². The number of nitrogens with zero attached hydrogens (tertiary/aromatic N) is 2. The molecule has 1 aromatic heterocycles. The molecular formula is C12H15ClF2N2. The zero-order valence-electron chi connectivity index (χ0n) is 9.50. The molecule has 2 heterocycles. The van der Waals surface area contributed by atoms with E-state index in [9.17, 15) is 8.78 Å². The van der Waals surface area contributed by atoms with Crippen LogP contribution in [-0.4, -0.2) is 29.5 Å². The lowest BCUT2D eigenvalue weighted by Crippen LogP contribution is -2.39. The molecule has 0 atom stereocenters. The van der Waals surface area contributed by atoms with E-state index in [1.54, 1.807) is 4.90 Å². The first-order chi connectivity index (χ1) is 8.08. The van der Waals surface area contributed by atoms with Crippen LogP contribution in [0.4, 0.5) is 8.78 Å². The molecule has 1 aromatic rings. The lowest BCUT2D eigenvalue weighted by atomic mass is 10.1. The predicted octanol–water partition coefficient (Wildman–Crippen LogP) is 3.31. The highest BCUT2D eigenvalue weighted by Gasteiger charge is 2.35. The second kappa shape index (κ2) is 5.27. The number of piperidine rings is 1. The third-order valence-electron chi connectivity index (χ3n) is 2.97. The van der Waals surface area contributed by atoms with Crippen LogP contribution in [0.5, 0.6) is 0 Å². The molecule has 1 fully saturated rings.